The van der Waals surface area contributed by atoms with Crippen molar-refractivity contribution in [1.82, 2.24) is 9.47 Å². The van der Waals surface area contributed by atoms with Crippen molar-refractivity contribution in [2.45, 2.75) is 22.2 Å². The van der Waals surface area contributed by atoms with Crippen molar-refractivity contribution in [2.75, 3.05) is 7.05 Å². The first-order valence-corrected chi connectivity index (χ1v) is 20.7. The van der Waals surface area contributed by atoms with Gasteiger partial charge < -0.3 is 8.98 Å². The van der Waals surface area contributed by atoms with Crippen LogP contribution in [0, 0.1) is 0 Å². The van der Waals surface area contributed by atoms with E-state index in [1.54, 1.807) is 0 Å². The molecule has 0 spiro atoms. The highest BCUT2D eigenvalue weighted by Crippen LogP contribution is 2.44. The number of hydrogen-bond donors (Lipinski definition) is 1. The van der Waals surface area contributed by atoms with Gasteiger partial charge in [0.05, 0.1) is 16.6 Å². The van der Waals surface area contributed by atoms with E-state index < -0.39 is 0 Å². The Morgan fingerprint density at radius 1 is 0.517 bits per heavy atom. The molecule has 0 amide bonds. The van der Waals surface area contributed by atoms with Gasteiger partial charge in [-0.05, 0) is 72.3 Å². The molecule has 0 saturated heterocycles. The van der Waals surface area contributed by atoms with Crippen LogP contribution in [0.15, 0.2) is 213 Å². The molecular formula is C52H40N4OS+2. The highest BCUT2D eigenvalue weighted by Gasteiger charge is 2.37. The second kappa shape index (κ2) is 14.4. The van der Waals surface area contributed by atoms with E-state index in [-0.39, 0.29) is 12.5 Å². The normalized spacial score (nSPS) is 16.1. The number of benzene rings is 8. The summed E-state index contributed by atoms with van der Waals surface area (Å²) in [6.07, 6.45) is -0.380. The average molecular weight is 769 g/mol. The maximum Gasteiger partial charge on any atom is 0.231 e. The second-order valence-electron chi connectivity index (χ2n) is 15.0. The lowest BCUT2D eigenvalue weighted by molar-refractivity contribution is -0.623. The van der Waals surface area contributed by atoms with Crippen LogP contribution in [0.5, 0.6) is 0 Å². The smallest absolute Gasteiger partial charge is 0.231 e. The molecule has 2 unspecified atom stereocenters. The van der Waals surface area contributed by atoms with Crippen molar-refractivity contribution < 1.29 is 9.73 Å². The Bertz CT molecular complexity index is 3140. The Labute approximate surface area is 340 Å². The minimum absolute atomic E-state index is 0.0148. The molecule has 0 radical (unpaired) electrons. The number of nitrogens with two attached hydrogens (primary N) is 1. The summed E-state index contributed by atoms with van der Waals surface area (Å²) in [4.78, 5) is 10.6. The van der Waals surface area contributed by atoms with Gasteiger partial charge in [-0.25, -0.2) is 4.90 Å². The first kappa shape index (κ1) is 34.5. The van der Waals surface area contributed by atoms with Gasteiger partial charge in [0.1, 0.15) is 11.2 Å². The summed E-state index contributed by atoms with van der Waals surface area (Å²) in [6, 6.07) is 69.6. The molecular weight excluding hydrogens is 729 g/mol. The van der Waals surface area contributed by atoms with Crippen LogP contribution in [0.4, 0.5) is 0 Å². The van der Waals surface area contributed by atoms with Crippen molar-refractivity contribution in [3.8, 4) is 22.3 Å². The van der Waals surface area contributed by atoms with Gasteiger partial charge in [0.25, 0.3) is 0 Å². The molecule has 8 aromatic carbocycles. The first-order valence-electron chi connectivity index (χ1n) is 19.8. The lowest BCUT2D eigenvalue weighted by atomic mass is 9.94. The van der Waals surface area contributed by atoms with E-state index in [1.165, 1.54) is 43.0 Å². The van der Waals surface area contributed by atoms with Gasteiger partial charge in [-0.2, -0.15) is 4.99 Å². The Morgan fingerprint density at radius 3 is 1.88 bits per heavy atom. The average Bonchev–Trinajstić information content (AvgIpc) is 3.80. The number of rotatable bonds is 7. The number of furan rings is 1. The van der Waals surface area contributed by atoms with Gasteiger partial charge >= 0.3 is 0 Å². The summed E-state index contributed by atoms with van der Waals surface area (Å²) < 4.78 is 9.05. The molecule has 2 N–H and O–H groups in total. The minimum atomic E-state index is -0.365. The Balaban J connectivity index is 1.24. The molecule has 2 aromatic heterocycles. The van der Waals surface area contributed by atoms with E-state index in [0.717, 1.165) is 61.5 Å². The molecule has 5 nitrogen and oxygen atoms in total. The van der Waals surface area contributed by atoms with Crippen LogP contribution >= 0.6 is 0 Å². The molecule has 278 valence electrons. The van der Waals surface area contributed by atoms with E-state index in [2.05, 4.69) is 210 Å². The number of amidine groups is 1. The lowest BCUT2D eigenvalue weighted by Crippen LogP contribution is -2.93. The van der Waals surface area contributed by atoms with Crippen molar-refractivity contribution in [2.24, 2.45) is 4.99 Å². The molecule has 10 aromatic rings. The summed E-state index contributed by atoms with van der Waals surface area (Å²) in [5, 5.41) is 6.84. The van der Waals surface area contributed by atoms with Crippen molar-refractivity contribution in [1.29, 1.82) is 0 Å². The maximum absolute atomic E-state index is 6.56. The van der Waals surface area contributed by atoms with E-state index in [4.69, 9.17) is 9.41 Å². The monoisotopic (exact) mass is 768 g/mol. The van der Waals surface area contributed by atoms with Crippen LogP contribution < -0.4 is 5.32 Å². The molecule has 6 heteroatoms. The third kappa shape index (κ3) is 5.93. The summed E-state index contributed by atoms with van der Waals surface area (Å²) >= 11 is 1.13. The van der Waals surface area contributed by atoms with Gasteiger partial charge in [0, 0.05) is 50.5 Å². The number of hydrogen-bond acceptors (Lipinski definition) is 3. The fraction of sp³-hybridized carbons (Fsp3) is 0.0577. The molecule has 0 aliphatic carbocycles. The summed E-state index contributed by atoms with van der Waals surface area (Å²) in [6.45, 7) is 0. The zero-order valence-corrected chi connectivity index (χ0v) is 32.8. The van der Waals surface area contributed by atoms with Crippen molar-refractivity contribution in [3.63, 3.8) is 0 Å². The highest BCUT2D eigenvalue weighted by atomic mass is 32.2. The third-order valence-corrected chi connectivity index (χ3v) is 12.7. The van der Waals surface area contributed by atoms with Gasteiger partial charge in [0.2, 0.25) is 5.84 Å². The van der Waals surface area contributed by atoms with Crippen LogP contribution in [0.1, 0.15) is 23.6 Å². The summed E-state index contributed by atoms with van der Waals surface area (Å²) in [7, 11) is 2.21. The van der Waals surface area contributed by atoms with Crippen molar-refractivity contribution in [3.05, 3.63) is 205 Å². The quantitative estimate of drug-likeness (QED) is 0.130. The van der Waals surface area contributed by atoms with E-state index in [1.807, 2.05) is 6.07 Å². The third-order valence-electron chi connectivity index (χ3n) is 11.5. The van der Waals surface area contributed by atoms with Gasteiger partial charge in [0.15, 0.2) is 22.2 Å². The molecule has 2 atom stereocenters. The molecule has 1 aliphatic rings. The number of para-hydroxylation sites is 1. The topological polar surface area (TPSA) is 50.3 Å². The zero-order chi connectivity index (χ0) is 38.6. The molecule has 11 rings (SSSR count). The van der Waals surface area contributed by atoms with Crippen molar-refractivity contribution >= 4 is 61.3 Å². The summed E-state index contributed by atoms with van der Waals surface area (Å²) in [5.41, 5.74) is 11.1. The van der Waals surface area contributed by atoms with E-state index in [0.29, 0.717) is 0 Å². The molecule has 0 bridgehead atoms. The number of fused-ring (bicyclic) bond motifs is 6. The Kier molecular flexibility index (Phi) is 8.55. The number of thiol groups is 1. The highest BCUT2D eigenvalue weighted by molar-refractivity contribution is 7.78. The fourth-order valence-corrected chi connectivity index (χ4v) is 9.85. The maximum atomic E-state index is 6.56. The first-order chi connectivity index (χ1) is 28.7. The van der Waals surface area contributed by atoms with Crippen LogP contribution in [-0.2, 0) is 11.8 Å². The number of nitrogens with zero attached hydrogens (tertiary/aromatic N) is 3. The second-order valence-corrected chi connectivity index (χ2v) is 16.2. The molecule has 1 aliphatic heterocycles. The fourth-order valence-electron chi connectivity index (χ4n) is 8.75. The molecule has 3 heterocycles. The van der Waals surface area contributed by atoms with Crippen LogP contribution in [0.2, 0.25) is 0 Å². The number of aromatic nitrogens is 1. The Hall–Kier alpha value is -6.70. The van der Waals surface area contributed by atoms with Gasteiger partial charge in [-0.15, -0.1) is 0 Å². The SMILES string of the molecule is CN1C(c2ccccc2)[NH2+]C(c2ccccc2)=NC1n1c2cc(-c3ccccc3-c3ccccc3)c([SH+]c3ccccc3)cc2c2cc3oc4ccccc4c3cc21. The predicted octanol–water partition coefficient (Wildman–Crippen LogP) is 11.4. The van der Waals surface area contributed by atoms with Crippen LogP contribution in [0.3, 0.4) is 0 Å². The predicted molar refractivity (Wildman–Crippen MR) is 240 cm³/mol. The van der Waals surface area contributed by atoms with Gasteiger partial charge in [-0.1, -0.05) is 140 Å². The molecule has 58 heavy (non-hydrogen) atoms. The zero-order valence-electron chi connectivity index (χ0n) is 31.9. The minimum Gasteiger partial charge on any atom is -0.456 e. The Morgan fingerprint density at radius 2 is 1.12 bits per heavy atom. The summed E-state index contributed by atoms with van der Waals surface area (Å²) in [5.74, 6) is 0.983. The lowest BCUT2D eigenvalue weighted by Gasteiger charge is -2.36. The van der Waals surface area contributed by atoms with Gasteiger partial charge in [-0.3, -0.25) is 5.32 Å². The number of aliphatic imine (C=N–C) groups is 1. The number of quaternary nitrogens is 1. The largest absolute Gasteiger partial charge is 0.456 e. The standard InChI is InChI=1S/C52H38N4OS/c1-55-51(36-22-10-4-11-23-36)53-50(35-20-8-3-9-21-35)54-52(55)56-45-30-43-40-28-16-17-29-47(40)57-48(43)32-41(45)42-33-49(58-37-24-12-5-13-25-37)44(31-46(42)56)39-27-15-14-26-38(39)34-18-6-2-7-19-34/h2-33,51-52H,1H3,(H,53,54)/p+2. The van der Waals surface area contributed by atoms with E-state index >= 15 is 0 Å². The van der Waals surface area contributed by atoms with Crippen LogP contribution in [0.25, 0.3) is 66.0 Å². The molecule has 0 saturated carbocycles. The van der Waals surface area contributed by atoms with Crippen LogP contribution in [-0.4, -0.2) is 22.4 Å². The van der Waals surface area contributed by atoms with E-state index in [9.17, 15) is 0 Å². The molecule has 0 fully saturated rings.